The van der Waals surface area contributed by atoms with Crippen LogP contribution in [-0.2, 0) is 0 Å². The summed E-state index contributed by atoms with van der Waals surface area (Å²) in [4.78, 5) is 0. The topological polar surface area (TPSA) is 26.0 Å². The maximum absolute atomic E-state index is 5.85. The van der Waals surface area contributed by atoms with E-state index in [9.17, 15) is 0 Å². The van der Waals surface area contributed by atoms with E-state index in [1.54, 1.807) is 0 Å². The molecule has 0 heterocycles. The highest BCUT2D eigenvalue weighted by molar-refractivity contribution is 14.0. The Bertz CT molecular complexity index is 89.4. The summed E-state index contributed by atoms with van der Waals surface area (Å²) in [6, 6.07) is 0. The third kappa shape index (κ3) is 19.7. The second kappa shape index (κ2) is 11.5. The Kier molecular flexibility index (Phi) is 17.6. The molecule has 0 saturated heterocycles. The molecule has 0 aromatic heterocycles. The van der Waals surface area contributed by atoms with E-state index in [0.29, 0.717) is 0 Å². The van der Waals surface area contributed by atoms with Gasteiger partial charge in [0.2, 0.25) is 0 Å². The van der Waals surface area contributed by atoms with Crippen LogP contribution in [-0.4, -0.2) is 5.54 Å². The van der Waals surface area contributed by atoms with Gasteiger partial charge in [-0.15, -0.1) is 48.0 Å². The molecule has 0 aliphatic carbocycles. The Morgan fingerprint density at radius 2 is 1.38 bits per heavy atom. The van der Waals surface area contributed by atoms with Gasteiger partial charge in [-0.05, 0) is 20.3 Å². The van der Waals surface area contributed by atoms with Crippen molar-refractivity contribution in [3.05, 3.63) is 0 Å². The number of hydrogen-bond acceptors (Lipinski definition) is 1. The molecule has 0 radical (unpaired) electrons. The first-order valence-electron chi connectivity index (χ1n) is 4.85. The Morgan fingerprint density at radius 3 is 1.77 bits per heavy atom. The van der Waals surface area contributed by atoms with Crippen LogP contribution in [0.25, 0.3) is 0 Å². The maximum Gasteiger partial charge on any atom is 0.00970 e. The number of hydrogen-bond donors (Lipinski definition) is 1. The van der Waals surface area contributed by atoms with Crippen LogP contribution in [0.1, 0.15) is 59.3 Å². The Hall–Kier alpha value is 1.42. The van der Waals surface area contributed by atoms with Crippen molar-refractivity contribution < 1.29 is 0 Å². The predicted octanol–water partition coefficient (Wildman–Crippen LogP) is 4.32. The smallest absolute Gasteiger partial charge is 0.00970 e. The van der Waals surface area contributed by atoms with E-state index in [1.165, 1.54) is 32.1 Å². The first kappa shape index (κ1) is 19.9. The Balaban J connectivity index is -0.000000500. The van der Waals surface area contributed by atoms with Crippen molar-refractivity contribution in [1.29, 1.82) is 0 Å². The molecule has 84 valence electrons. The molecule has 0 aromatic rings. The zero-order valence-electron chi connectivity index (χ0n) is 9.14. The zero-order chi connectivity index (χ0) is 8.74. The van der Waals surface area contributed by atoms with Gasteiger partial charge in [-0.3, -0.25) is 0 Å². The number of nitrogens with two attached hydrogens (primary N) is 1. The van der Waals surface area contributed by atoms with Crippen LogP contribution in [0.5, 0.6) is 0 Å². The van der Waals surface area contributed by atoms with Crippen LogP contribution in [0.3, 0.4) is 0 Å². The molecule has 0 aromatic carbocycles. The first-order chi connectivity index (χ1) is 5.06. The fourth-order valence-electron chi connectivity index (χ4n) is 1.18. The highest BCUT2D eigenvalue weighted by Crippen LogP contribution is 2.11. The van der Waals surface area contributed by atoms with E-state index in [1.807, 2.05) is 0 Å². The molecule has 13 heavy (non-hydrogen) atoms. The fourth-order valence-corrected chi connectivity index (χ4v) is 1.18. The minimum Gasteiger partial charge on any atom is -0.326 e. The van der Waals surface area contributed by atoms with Crippen LogP contribution in [0, 0.1) is 0 Å². The summed E-state index contributed by atoms with van der Waals surface area (Å²) in [6.45, 7) is 6.45. The highest BCUT2D eigenvalue weighted by Gasteiger charge is 2.08. The van der Waals surface area contributed by atoms with Crippen LogP contribution in [0.15, 0.2) is 0 Å². The molecule has 0 atom stereocenters. The summed E-state index contributed by atoms with van der Waals surface area (Å²) >= 11 is 0. The molecular weight excluding hydrogens is 388 g/mol. The summed E-state index contributed by atoms with van der Waals surface area (Å²) in [5.41, 5.74) is 5.90. The third-order valence-electron chi connectivity index (χ3n) is 1.92. The second-order valence-electron chi connectivity index (χ2n) is 4.15. The van der Waals surface area contributed by atoms with Gasteiger partial charge in [-0.2, -0.15) is 0 Å². The molecule has 3 heteroatoms. The quantitative estimate of drug-likeness (QED) is 0.510. The minimum atomic E-state index is 0. The molecule has 0 rings (SSSR count). The van der Waals surface area contributed by atoms with E-state index >= 15 is 0 Å². The van der Waals surface area contributed by atoms with Crippen LogP contribution >= 0.6 is 48.0 Å². The highest BCUT2D eigenvalue weighted by atomic mass is 127. The van der Waals surface area contributed by atoms with Gasteiger partial charge in [0.05, 0.1) is 0 Å². The van der Waals surface area contributed by atoms with Crippen molar-refractivity contribution in [3.63, 3.8) is 0 Å². The summed E-state index contributed by atoms with van der Waals surface area (Å²) < 4.78 is 0. The normalized spacial score (nSPS) is 10.2. The molecule has 0 fully saturated rings. The van der Waals surface area contributed by atoms with Gasteiger partial charge >= 0.3 is 0 Å². The van der Waals surface area contributed by atoms with E-state index in [2.05, 4.69) is 20.8 Å². The average molecular weight is 413 g/mol. The van der Waals surface area contributed by atoms with Gasteiger partial charge in [0.25, 0.3) is 0 Å². The van der Waals surface area contributed by atoms with Gasteiger partial charge in [-0.1, -0.05) is 39.0 Å². The Morgan fingerprint density at radius 1 is 0.923 bits per heavy atom. The number of halogens is 2. The SMILES string of the molecule is CCCCCCCC(C)(C)N.I.I. The second-order valence-corrected chi connectivity index (χ2v) is 4.15. The van der Waals surface area contributed by atoms with Gasteiger partial charge in [-0.25, -0.2) is 0 Å². The van der Waals surface area contributed by atoms with Crippen molar-refractivity contribution in [2.45, 2.75) is 64.8 Å². The third-order valence-corrected chi connectivity index (χ3v) is 1.92. The lowest BCUT2D eigenvalue weighted by molar-refractivity contribution is 0.443. The van der Waals surface area contributed by atoms with Crippen molar-refractivity contribution in [3.8, 4) is 0 Å². The summed E-state index contributed by atoms with van der Waals surface area (Å²) in [5, 5.41) is 0. The summed E-state index contributed by atoms with van der Waals surface area (Å²) in [7, 11) is 0. The van der Waals surface area contributed by atoms with Gasteiger partial charge in [0.1, 0.15) is 0 Å². The lowest BCUT2D eigenvalue weighted by Gasteiger charge is -2.17. The standard InChI is InChI=1S/C10H23N.2HI/c1-4-5-6-7-8-9-10(2,3)11;;/h4-9,11H2,1-3H3;2*1H. The lowest BCUT2D eigenvalue weighted by atomic mass is 9.98. The van der Waals surface area contributed by atoms with Crippen LogP contribution in [0.4, 0.5) is 0 Å². The molecule has 0 spiro atoms. The van der Waals surface area contributed by atoms with Crippen molar-refractivity contribution in [1.82, 2.24) is 0 Å². The monoisotopic (exact) mass is 413 g/mol. The molecular formula is C10H25I2N. The zero-order valence-corrected chi connectivity index (χ0v) is 13.8. The molecule has 0 bridgehead atoms. The largest absolute Gasteiger partial charge is 0.326 e. The predicted molar refractivity (Wildman–Crippen MR) is 82.5 cm³/mol. The molecule has 0 unspecified atom stereocenters. The number of rotatable bonds is 6. The first-order valence-corrected chi connectivity index (χ1v) is 4.85. The van der Waals surface area contributed by atoms with E-state index in [-0.39, 0.29) is 53.5 Å². The molecule has 0 amide bonds. The van der Waals surface area contributed by atoms with E-state index < -0.39 is 0 Å². The molecule has 0 aliphatic heterocycles. The average Bonchev–Trinajstić information content (AvgIpc) is 1.85. The van der Waals surface area contributed by atoms with Crippen LogP contribution in [0.2, 0.25) is 0 Å². The van der Waals surface area contributed by atoms with Gasteiger partial charge in [0, 0.05) is 5.54 Å². The Labute approximate surface area is 118 Å². The van der Waals surface area contributed by atoms with Crippen molar-refractivity contribution >= 4 is 48.0 Å². The van der Waals surface area contributed by atoms with Gasteiger partial charge in [0.15, 0.2) is 0 Å². The fraction of sp³-hybridized carbons (Fsp3) is 1.00. The maximum atomic E-state index is 5.85. The van der Waals surface area contributed by atoms with Crippen molar-refractivity contribution in [2.75, 3.05) is 0 Å². The van der Waals surface area contributed by atoms with Crippen LogP contribution < -0.4 is 5.73 Å². The lowest BCUT2D eigenvalue weighted by Crippen LogP contribution is -2.31. The molecule has 0 aliphatic rings. The minimum absolute atomic E-state index is 0. The molecule has 1 nitrogen and oxygen atoms in total. The van der Waals surface area contributed by atoms with Crippen molar-refractivity contribution in [2.24, 2.45) is 5.73 Å². The summed E-state index contributed by atoms with van der Waals surface area (Å²) in [6.07, 6.45) is 7.90. The summed E-state index contributed by atoms with van der Waals surface area (Å²) in [5.74, 6) is 0. The number of unbranched alkanes of at least 4 members (excludes halogenated alkanes) is 4. The molecule has 2 N–H and O–H groups in total. The molecule has 0 saturated carbocycles. The van der Waals surface area contributed by atoms with E-state index in [0.717, 1.165) is 6.42 Å². The van der Waals surface area contributed by atoms with Gasteiger partial charge < -0.3 is 5.73 Å². The van der Waals surface area contributed by atoms with E-state index in [4.69, 9.17) is 5.73 Å².